The van der Waals surface area contributed by atoms with E-state index in [0.717, 1.165) is 23.7 Å². The molecule has 0 unspecified atom stereocenters. The van der Waals surface area contributed by atoms with Crippen LogP contribution in [0.1, 0.15) is 12.5 Å². The van der Waals surface area contributed by atoms with E-state index in [1.54, 1.807) is 0 Å². The molecule has 0 aromatic heterocycles. The maximum Gasteiger partial charge on any atom is 0.254 e. The zero-order chi connectivity index (χ0) is 21.8. The fourth-order valence-electron chi connectivity index (χ4n) is 3.98. The second-order valence-corrected chi connectivity index (χ2v) is 9.73. The first-order valence-electron chi connectivity index (χ1n) is 10.2. The molecule has 2 aliphatic heterocycles. The lowest BCUT2D eigenvalue weighted by Gasteiger charge is -2.36. The van der Waals surface area contributed by atoms with Gasteiger partial charge < -0.3 is 15.4 Å². The Morgan fingerprint density at radius 2 is 2.10 bits per heavy atom. The third-order valence-electron chi connectivity index (χ3n) is 5.70. The highest BCUT2D eigenvalue weighted by Crippen LogP contribution is 2.34. The fraction of sp³-hybridized carbons (Fsp3) is 0.600. The molecule has 1 aromatic carbocycles. The van der Waals surface area contributed by atoms with Crippen molar-refractivity contribution in [1.82, 2.24) is 19.8 Å². The zero-order valence-electron chi connectivity index (χ0n) is 17.5. The Balaban J connectivity index is 1.63. The smallest absolute Gasteiger partial charge is 0.254 e. The Morgan fingerprint density at radius 1 is 1.37 bits per heavy atom. The number of sulfonamides is 1. The average Bonchev–Trinajstić information content (AvgIpc) is 3.11. The summed E-state index contributed by atoms with van der Waals surface area (Å²) >= 11 is 0. The second-order valence-electron chi connectivity index (χ2n) is 7.75. The molecule has 3 rings (SSSR count). The van der Waals surface area contributed by atoms with E-state index in [0.29, 0.717) is 19.6 Å². The summed E-state index contributed by atoms with van der Waals surface area (Å²) < 4.78 is 31.0. The van der Waals surface area contributed by atoms with E-state index in [1.807, 2.05) is 18.2 Å². The van der Waals surface area contributed by atoms with Gasteiger partial charge in [0.15, 0.2) is 5.60 Å². The van der Waals surface area contributed by atoms with Crippen LogP contribution in [0.2, 0.25) is 0 Å². The predicted octanol–water partition coefficient (Wildman–Crippen LogP) is -0.599. The van der Waals surface area contributed by atoms with Gasteiger partial charge in [-0.15, -0.1) is 0 Å². The van der Waals surface area contributed by atoms with Crippen LogP contribution in [0.4, 0.5) is 0 Å². The number of amides is 2. The molecule has 2 N–H and O–H groups in total. The first-order chi connectivity index (χ1) is 14.3. The number of benzene rings is 1. The van der Waals surface area contributed by atoms with Crippen molar-refractivity contribution in [1.29, 1.82) is 0 Å². The molecule has 0 saturated carbocycles. The normalized spacial score (nSPS) is 24.9. The number of carbonyl (C=O) groups is 2. The van der Waals surface area contributed by atoms with Crippen LogP contribution >= 0.6 is 0 Å². The first-order valence-corrected chi connectivity index (χ1v) is 12.0. The number of nitrogens with zero attached hydrogens (tertiary/aromatic N) is 2. The van der Waals surface area contributed by atoms with E-state index in [-0.39, 0.29) is 25.6 Å². The van der Waals surface area contributed by atoms with Crippen LogP contribution in [0.25, 0.3) is 0 Å². The van der Waals surface area contributed by atoms with Crippen molar-refractivity contribution in [3.63, 3.8) is 0 Å². The largest absolute Gasteiger partial charge is 0.361 e. The van der Waals surface area contributed by atoms with Gasteiger partial charge in [-0.25, -0.2) is 8.42 Å². The molecule has 0 aliphatic carbocycles. The van der Waals surface area contributed by atoms with E-state index >= 15 is 0 Å². The van der Waals surface area contributed by atoms with E-state index < -0.39 is 27.4 Å². The number of hydrogen-bond donors (Lipinski definition) is 2. The SMILES string of the molecule is CCN(CCNC(=O)[C@H]1CN(S(C)(=O)=O)C[C@@]12OCCNC2=O)Cc1ccccc1. The second kappa shape index (κ2) is 9.42. The van der Waals surface area contributed by atoms with E-state index in [1.165, 1.54) is 5.56 Å². The number of morpholine rings is 1. The van der Waals surface area contributed by atoms with Gasteiger partial charge in [0, 0.05) is 32.7 Å². The van der Waals surface area contributed by atoms with Crippen LogP contribution in [-0.4, -0.2) is 87.2 Å². The highest BCUT2D eigenvalue weighted by Gasteiger charge is 2.59. The number of ether oxygens (including phenoxy) is 1. The monoisotopic (exact) mass is 438 g/mol. The maximum atomic E-state index is 13.0. The lowest BCUT2D eigenvalue weighted by atomic mass is 9.88. The van der Waals surface area contributed by atoms with Gasteiger partial charge in [0.25, 0.3) is 5.91 Å². The summed E-state index contributed by atoms with van der Waals surface area (Å²) in [5.74, 6) is -1.69. The molecule has 2 atom stereocenters. The van der Waals surface area contributed by atoms with Crippen molar-refractivity contribution < 1.29 is 22.7 Å². The standard InChI is InChI=1S/C20H30N4O5S/c1-3-23(13-16-7-5-4-6-8-16)11-9-21-18(25)17-14-24(30(2,27)28)15-20(17)19(26)22-10-12-29-20/h4-8,17H,3,9-15H2,1-2H3,(H,21,25)(H,22,26)/t17-,20-/m1/s1. The molecule has 2 fully saturated rings. The third kappa shape index (κ3) is 5.00. The summed E-state index contributed by atoms with van der Waals surface area (Å²) in [5, 5.41) is 5.59. The van der Waals surface area contributed by atoms with Crippen LogP contribution in [0, 0.1) is 5.92 Å². The van der Waals surface area contributed by atoms with Gasteiger partial charge in [-0.05, 0) is 12.1 Å². The Labute approximate surface area is 177 Å². The summed E-state index contributed by atoms with van der Waals surface area (Å²) in [4.78, 5) is 27.7. The van der Waals surface area contributed by atoms with E-state index in [2.05, 4.69) is 34.6 Å². The molecule has 10 heteroatoms. The van der Waals surface area contributed by atoms with Crippen molar-refractivity contribution in [2.24, 2.45) is 5.92 Å². The molecule has 2 amide bonds. The molecule has 2 aliphatic rings. The number of carbonyl (C=O) groups excluding carboxylic acids is 2. The molecular formula is C20H30N4O5S. The highest BCUT2D eigenvalue weighted by atomic mass is 32.2. The van der Waals surface area contributed by atoms with Crippen molar-refractivity contribution >= 4 is 21.8 Å². The Kier molecular flexibility index (Phi) is 7.12. The summed E-state index contributed by atoms with van der Waals surface area (Å²) in [6, 6.07) is 10.1. The molecule has 0 bridgehead atoms. The van der Waals surface area contributed by atoms with Crippen LogP contribution in [0.15, 0.2) is 30.3 Å². The molecular weight excluding hydrogens is 408 g/mol. The molecule has 166 valence electrons. The summed E-state index contributed by atoms with van der Waals surface area (Å²) in [5.41, 5.74) is -0.281. The van der Waals surface area contributed by atoms with Gasteiger partial charge in [0.1, 0.15) is 0 Å². The number of nitrogens with one attached hydrogen (secondary N) is 2. The molecule has 2 saturated heterocycles. The van der Waals surface area contributed by atoms with Gasteiger partial charge in [0.2, 0.25) is 15.9 Å². The van der Waals surface area contributed by atoms with Crippen molar-refractivity contribution in [3.05, 3.63) is 35.9 Å². The van der Waals surface area contributed by atoms with Gasteiger partial charge in [-0.3, -0.25) is 14.5 Å². The molecule has 2 heterocycles. The number of likely N-dealkylation sites (N-methyl/N-ethyl adjacent to an activating group) is 1. The minimum absolute atomic E-state index is 0.0698. The van der Waals surface area contributed by atoms with Gasteiger partial charge in [0.05, 0.1) is 25.3 Å². The molecule has 9 nitrogen and oxygen atoms in total. The number of rotatable bonds is 8. The number of hydrogen-bond acceptors (Lipinski definition) is 6. The van der Waals surface area contributed by atoms with Crippen molar-refractivity contribution in [2.45, 2.75) is 19.1 Å². The van der Waals surface area contributed by atoms with Crippen LogP contribution < -0.4 is 10.6 Å². The quantitative estimate of drug-likeness (QED) is 0.561. The average molecular weight is 439 g/mol. The molecule has 1 aromatic rings. The fourth-order valence-corrected chi connectivity index (χ4v) is 4.82. The summed E-state index contributed by atoms with van der Waals surface area (Å²) in [7, 11) is -3.56. The maximum absolute atomic E-state index is 13.0. The third-order valence-corrected chi connectivity index (χ3v) is 6.92. The minimum Gasteiger partial charge on any atom is -0.361 e. The van der Waals surface area contributed by atoms with E-state index in [9.17, 15) is 18.0 Å². The Hall–Kier alpha value is -2.01. The van der Waals surface area contributed by atoms with Gasteiger partial charge in [-0.1, -0.05) is 37.3 Å². The lowest BCUT2D eigenvalue weighted by Crippen LogP contribution is -2.62. The molecule has 30 heavy (non-hydrogen) atoms. The van der Waals surface area contributed by atoms with Gasteiger partial charge >= 0.3 is 0 Å². The van der Waals surface area contributed by atoms with Crippen molar-refractivity contribution in [3.8, 4) is 0 Å². The van der Waals surface area contributed by atoms with E-state index in [4.69, 9.17) is 4.74 Å². The summed E-state index contributed by atoms with van der Waals surface area (Å²) in [6.45, 7) is 5.06. The summed E-state index contributed by atoms with van der Waals surface area (Å²) in [6.07, 6.45) is 1.07. The van der Waals surface area contributed by atoms with Crippen LogP contribution in [-0.2, 0) is 30.9 Å². The molecule has 1 spiro atoms. The topological polar surface area (TPSA) is 108 Å². The van der Waals surface area contributed by atoms with Crippen LogP contribution in [0.5, 0.6) is 0 Å². The lowest BCUT2D eigenvalue weighted by molar-refractivity contribution is -0.163. The van der Waals surface area contributed by atoms with Crippen LogP contribution in [0.3, 0.4) is 0 Å². The Morgan fingerprint density at radius 3 is 2.73 bits per heavy atom. The predicted molar refractivity (Wildman–Crippen MR) is 112 cm³/mol. The highest BCUT2D eigenvalue weighted by molar-refractivity contribution is 7.88. The van der Waals surface area contributed by atoms with Gasteiger partial charge in [-0.2, -0.15) is 4.31 Å². The zero-order valence-corrected chi connectivity index (χ0v) is 18.3. The minimum atomic E-state index is -3.56. The molecule has 0 radical (unpaired) electrons. The first kappa shape index (κ1) is 22.7. The Bertz CT molecular complexity index is 863. The van der Waals surface area contributed by atoms with Crippen molar-refractivity contribution in [2.75, 3.05) is 52.1 Å².